The molecule has 1 N–H and O–H groups in total. The van der Waals surface area contributed by atoms with Crippen molar-refractivity contribution < 1.29 is 23.1 Å². The van der Waals surface area contributed by atoms with E-state index in [-0.39, 0.29) is 23.7 Å². The fourth-order valence-electron chi connectivity index (χ4n) is 3.25. The summed E-state index contributed by atoms with van der Waals surface area (Å²) >= 11 is 3.43. The average molecular weight is 541 g/mol. The fourth-order valence-corrected chi connectivity index (χ4v) is 5.38. The number of carboxylic acid groups (broad SMARTS) is 1. The van der Waals surface area contributed by atoms with E-state index in [1.54, 1.807) is 60.7 Å². The second-order valence-electron chi connectivity index (χ2n) is 7.26. The van der Waals surface area contributed by atoms with Gasteiger partial charge in [0, 0.05) is 23.6 Å². The zero-order valence-electron chi connectivity index (χ0n) is 18.2. The Hall–Kier alpha value is -3.45. The molecule has 0 amide bonds. The Kier molecular flexibility index (Phi) is 8.23. The van der Waals surface area contributed by atoms with Crippen molar-refractivity contribution in [3.05, 3.63) is 99.5 Å². The lowest BCUT2D eigenvalue weighted by molar-refractivity contribution is -0.131. The summed E-state index contributed by atoms with van der Waals surface area (Å²) in [7, 11) is -2.55. The van der Waals surface area contributed by atoms with Crippen LogP contribution in [0.25, 0.3) is 6.08 Å². The molecule has 9 heteroatoms. The van der Waals surface area contributed by atoms with Crippen LogP contribution in [0, 0.1) is 11.3 Å². The predicted octanol–water partition coefficient (Wildman–Crippen LogP) is 4.82. The minimum Gasteiger partial charge on any atom is -0.495 e. The number of aliphatic carboxylic acids is 1. The number of sulfonamides is 1. The number of nitrogens with zero attached hydrogens (tertiary/aromatic N) is 2. The summed E-state index contributed by atoms with van der Waals surface area (Å²) < 4.78 is 34.6. The van der Waals surface area contributed by atoms with Crippen LogP contribution in [0.3, 0.4) is 0 Å². The molecular formula is C25H21BrN2O5S. The van der Waals surface area contributed by atoms with Crippen LogP contribution in [0.5, 0.6) is 5.75 Å². The molecule has 0 aliphatic rings. The zero-order chi connectivity index (χ0) is 24.7. The minimum absolute atomic E-state index is 0.0474. The van der Waals surface area contributed by atoms with Crippen molar-refractivity contribution in [1.29, 1.82) is 5.26 Å². The first-order valence-corrected chi connectivity index (χ1v) is 12.3. The van der Waals surface area contributed by atoms with Gasteiger partial charge in [0.2, 0.25) is 10.0 Å². The number of halogens is 1. The SMILES string of the molecule is COc1ccccc1S(=O)(=O)N(Cc1ccc(C#N)cc1)Cc1ccc(C=CC(=O)O)c(Br)c1. The number of carbonyl (C=O) groups is 1. The molecule has 0 bridgehead atoms. The van der Waals surface area contributed by atoms with E-state index in [1.165, 1.54) is 23.6 Å². The molecule has 0 spiro atoms. The van der Waals surface area contributed by atoms with E-state index in [2.05, 4.69) is 22.0 Å². The van der Waals surface area contributed by atoms with E-state index in [9.17, 15) is 13.2 Å². The summed E-state index contributed by atoms with van der Waals surface area (Å²) in [4.78, 5) is 10.9. The number of methoxy groups -OCH3 is 1. The van der Waals surface area contributed by atoms with Crippen molar-refractivity contribution in [3.8, 4) is 11.8 Å². The van der Waals surface area contributed by atoms with Gasteiger partial charge in [-0.25, -0.2) is 13.2 Å². The first kappa shape index (κ1) is 25.2. The summed E-state index contributed by atoms with van der Waals surface area (Å²) in [5.41, 5.74) is 2.55. The number of rotatable bonds is 9. The van der Waals surface area contributed by atoms with Crippen molar-refractivity contribution >= 4 is 38.0 Å². The highest BCUT2D eigenvalue weighted by molar-refractivity contribution is 9.10. The molecule has 0 heterocycles. The first-order valence-electron chi connectivity index (χ1n) is 10.1. The summed E-state index contributed by atoms with van der Waals surface area (Å²) in [5.74, 6) is -0.824. The zero-order valence-corrected chi connectivity index (χ0v) is 20.6. The largest absolute Gasteiger partial charge is 0.495 e. The van der Waals surface area contributed by atoms with E-state index in [0.717, 1.165) is 11.6 Å². The van der Waals surface area contributed by atoms with Crippen LogP contribution in [0.15, 0.2) is 82.2 Å². The van der Waals surface area contributed by atoms with Gasteiger partial charge in [0.05, 0.1) is 18.7 Å². The lowest BCUT2D eigenvalue weighted by atomic mass is 10.1. The Bertz CT molecular complexity index is 1360. The topological polar surface area (TPSA) is 108 Å². The molecule has 174 valence electrons. The molecule has 0 aromatic heterocycles. The molecule has 0 unspecified atom stereocenters. The highest BCUT2D eigenvalue weighted by Gasteiger charge is 2.28. The molecule has 0 fully saturated rings. The molecule has 0 saturated carbocycles. The Labute approximate surface area is 206 Å². The number of benzene rings is 3. The minimum atomic E-state index is -3.96. The molecule has 0 atom stereocenters. The van der Waals surface area contributed by atoms with Gasteiger partial charge < -0.3 is 9.84 Å². The van der Waals surface area contributed by atoms with Gasteiger partial charge in [0.25, 0.3) is 0 Å². The van der Waals surface area contributed by atoms with Crippen LogP contribution in [0.1, 0.15) is 22.3 Å². The Morgan fingerprint density at radius 1 is 1.09 bits per heavy atom. The van der Waals surface area contributed by atoms with Gasteiger partial charge in [0.15, 0.2) is 0 Å². The number of para-hydroxylation sites is 1. The molecule has 3 aromatic rings. The van der Waals surface area contributed by atoms with Gasteiger partial charge in [-0.05, 0) is 53.1 Å². The van der Waals surface area contributed by atoms with Crippen LogP contribution in [-0.2, 0) is 27.9 Å². The Morgan fingerprint density at radius 2 is 1.74 bits per heavy atom. The third kappa shape index (κ3) is 6.11. The van der Waals surface area contributed by atoms with Crippen LogP contribution in [-0.4, -0.2) is 30.9 Å². The van der Waals surface area contributed by atoms with Gasteiger partial charge in [-0.1, -0.05) is 52.3 Å². The molecule has 34 heavy (non-hydrogen) atoms. The van der Waals surface area contributed by atoms with Crippen molar-refractivity contribution in [2.75, 3.05) is 7.11 Å². The Balaban J connectivity index is 2.00. The van der Waals surface area contributed by atoms with Crippen molar-refractivity contribution in [3.63, 3.8) is 0 Å². The highest BCUT2D eigenvalue weighted by atomic mass is 79.9. The third-order valence-corrected chi connectivity index (χ3v) is 7.48. The van der Waals surface area contributed by atoms with Crippen LogP contribution < -0.4 is 4.74 Å². The fraction of sp³-hybridized carbons (Fsp3) is 0.120. The maximum atomic E-state index is 13.7. The van der Waals surface area contributed by atoms with E-state index in [0.29, 0.717) is 21.2 Å². The van der Waals surface area contributed by atoms with Gasteiger partial charge in [-0.15, -0.1) is 0 Å². The maximum Gasteiger partial charge on any atom is 0.328 e. The molecule has 0 saturated heterocycles. The standard InChI is InChI=1S/C25H21BrN2O5S/c1-33-23-4-2-3-5-24(23)34(31,32)28(16-19-8-6-18(15-27)7-9-19)17-20-10-11-21(22(26)14-20)12-13-25(29)30/h2-14H,16-17H2,1H3,(H,29,30). The molecule has 7 nitrogen and oxygen atoms in total. The normalized spacial score (nSPS) is 11.5. The lowest BCUT2D eigenvalue weighted by Crippen LogP contribution is -2.30. The van der Waals surface area contributed by atoms with Crippen molar-refractivity contribution in [2.24, 2.45) is 0 Å². The quantitative estimate of drug-likeness (QED) is 0.390. The van der Waals surface area contributed by atoms with Crippen LogP contribution >= 0.6 is 15.9 Å². The van der Waals surface area contributed by atoms with E-state index in [1.807, 2.05) is 0 Å². The van der Waals surface area contributed by atoms with Gasteiger partial charge >= 0.3 is 5.97 Å². The summed E-state index contributed by atoms with van der Waals surface area (Å²) in [6, 6.07) is 20.4. The van der Waals surface area contributed by atoms with E-state index < -0.39 is 16.0 Å². The van der Waals surface area contributed by atoms with E-state index in [4.69, 9.17) is 15.1 Å². The number of carboxylic acids is 1. The maximum absolute atomic E-state index is 13.7. The smallest absolute Gasteiger partial charge is 0.328 e. The second-order valence-corrected chi connectivity index (χ2v) is 10.0. The van der Waals surface area contributed by atoms with E-state index >= 15 is 0 Å². The van der Waals surface area contributed by atoms with Crippen molar-refractivity contribution in [1.82, 2.24) is 4.31 Å². The number of hydrogen-bond acceptors (Lipinski definition) is 5. The molecular weight excluding hydrogens is 520 g/mol. The molecule has 3 rings (SSSR count). The Morgan fingerprint density at radius 3 is 2.35 bits per heavy atom. The summed E-state index contributed by atoms with van der Waals surface area (Å²) in [6.45, 7) is 0.131. The molecule has 3 aromatic carbocycles. The highest BCUT2D eigenvalue weighted by Crippen LogP contribution is 2.29. The molecule has 0 radical (unpaired) electrons. The third-order valence-electron chi connectivity index (χ3n) is 4.96. The summed E-state index contributed by atoms with van der Waals surface area (Å²) in [6.07, 6.45) is 2.49. The van der Waals surface area contributed by atoms with Crippen LogP contribution in [0.4, 0.5) is 0 Å². The molecule has 0 aliphatic carbocycles. The van der Waals surface area contributed by atoms with Crippen molar-refractivity contribution in [2.45, 2.75) is 18.0 Å². The predicted molar refractivity (Wildman–Crippen MR) is 131 cm³/mol. The monoisotopic (exact) mass is 540 g/mol. The number of ether oxygens (including phenoxy) is 1. The average Bonchev–Trinajstić information content (AvgIpc) is 2.83. The lowest BCUT2D eigenvalue weighted by Gasteiger charge is -2.24. The number of nitriles is 1. The summed E-state index contributed by atoms with van der Waals surface area (Å²) in [5, 5.41) is 17.9. The first-order chi connectivity index (χ1) is 16.2. The number of hydrogen-bond donors (Lipinski definition) is 1. The van der Waals surface area contributed by atoms with Crippen LogP contribution in [0.2, 0.25) is 0 Å². The van der Waals surface area contributed by atoms with Gasteiger partial charge in [-0.3, -0.25) is 0 Å². The molecule has 0 aliphatic heterocycles. The van der Waals surface area contributed by atoms with Gasteiger partial charge in [-0.2, -0.15) is 9.57 Å². The second kappa shape index (κ2) is 11.1. The van der Waals surface area contributed by atoms with Gasteiger partial charge in [0.1, 0.15) is 10.6 Å².